The van der Waals surface area contributed by atoms with Gasteiger partial charge in [-0.3, -0.25) is 0 Å². The molecule has 2 rings (SSSR count). The Morgan fingerprint density at radius 2 is 1.95 bits per heavy atom. The van der Waals surface area contributed by atoms with E-state index in [0.717, 1.165) is 22.5 Å². The summed E-state index contributed by atoms with van der Waals surface area (Å²) < 4.78 is 6.25. The molecule has 112 valence electrons. The lowest BCUT2D eigenvalue weighted by molar-refractivity contribution is 0.411. The molecule has 0 heterocycles. The number of hydrogen-bond acceptors (Lipinski definition) is 3. The lowest BCUT2D eigenvalue weighted by Gasteiger charge is -2.15. The third kappa shape index (κ3) is 5.06. The van der Waals surface area contributed by atoms with Crippen LogP contribution >= 0.6 is 27.7 Å². The normalized spacial score (nSPS) is 12.1. The van der Waals surface area contributed by atoms with Crippen LogP contribution in [-0.2, 0) is 0 Å². The van der Waals surface area contributed by atoms with Gasteiger partial charge in [-0.2, -0.15) is 0 Å². The Bertz CT molecular complexity index is 562. The maximum Gasteiger partial charge on any atom is 0.133 e. The smallest absolute Gasteiger partial charge is 0.133 e. The van der Waals surface area contributed by atoms with Crippen molar-refractivity contribution in [3.8, 4) is 5.75 Å². The van der Waals surface area contributed by atoms with E-state index in [4.69, 9.17) is 4.74 Å². The van der Waals surface area contributed by atoms with Gasteiger partial charge >= 0.3 is 0 Å². The summed E-state index contributed by atoms with van der Waals surface area (Å²) >= 11 is 5.41. The molecule has 0 aliphatic heterocycles. The number of ether oxygens (including phenoxy) is 1. The highest BCUT2D eigenvalue weighted by Crippen LogP contribution is 2.28. The SMILES string of the molecule is COc1ccc(C(C)NCCSc2ccccc2)cc1Br. The van der Waals surface area contributed by atoms with Crippen molar-refractivity contribution in [2.24, 2.45) is 0 Å². The Labute approximate surface area is 139 Å². The molecule has 0 radical (unpaired) electrons. The zero-order valence-electron chi connectivity index (χ0n) is 12.3. The summed E-state index contributed by atoms with van der Waals surface area (Å²) in [5.41, 5.74) is 1.26. The Morgan fingerprint density at radius 3 is 2.62 bits per heavy atom. The van der Waals surface area contributed by atoms with Crippen LogP contribution in [0.25, 0.3) is 0 Å². The van der Waals surface area contributed by atoms with E-state index in [1.54, 1.807) is 7.11 Å². The summed E-state index contributed by atoms with van der Waals surface area (Å²) in [5.74, 6) is 1.93. The van der Waals surface area contributed by atoms with Gasteiger partial charge in [0.05, 0.1) is 11.6 Å². The first-order valence-corrected chi connectivity index (χ1v) is 8.73. The molecule has 0 aromatic heterocycles. The van der Waals surface area contributed by atoms with Gasteiger partial charge in [-0.1, -0.05) is 24.3 Å². The zero-order chi connectivity index (χ0) is 15.1. The van der Waals surface area contributed by atoms with Crippen LogP contribution in [0, 0.1) is 0 Å². The molecule has 1 unspecified atom stereocenters. The van der Waals surface area contributed by atoms with Gasteiger partial charge in [0.15, 0.2) is 0 Å². The highest BCUT2D eigenvalue weighted by molar-refractivity contribution is 9.10. The van der Waals surface area contributed by atoms with Gasteiger partial charge in [0.1, 0.15) is 5.75 Å². The van der Waals surface area contributed by atoms with Crippen molar-refractivity contribution in [2.45, 2.75) is 17.9 Å². The zero-order valence-corrected chi connectivity index (χ0v) is 14.7. The van der Waals surface area contributed by atoms with Crippen LogP contribution in [0.2, 0.25) is 0 Å². The fraction of sp³-hybridized carbons (Fsp3) is 0.294. The molecule has 0 spiro atoms. The standard InChI is InChI=1S/C17H20BrNOS/c1-13(14-8-9-17(20-2)16(18)12-14)19-10-11-21-15-6-4-3-5-7-15/h3-9,12-13,19H,10-11H2,1-2H3. The molecule has 0 aliphatic rings. The van der Waals surface area contributed by atoms with Gasteiger partial charge in [0, 0.05) is 23.2 Å². The van der Waals surface area contributed by atoms with Gasteiger partial charge in [0.2, 0.25) is 0 Å². The number of thioether (sulfide) groups is 1. The monoisotopic (exact) mass is 365 g/mol. The van der Waals surface area contributed by atoms with E-state index in [2.05, 4.69) is 64.6 Å². The van der Waals surface area contributed by atoms with Gasteiger partial charge in [-0.25, -0.2) is 0 Å². The third-order valence-electron chi connectivity index (χ3n) is 3.24. The summed E-state index contributed by atoms with van der Waals surface area (Å²) in [6.45, 7) is 3.16. The highest BCUT2D eigenvalue weighted by atomic mass is 79.9. The minimum Gasteiger partial charge on any atom is -0.496 e. The summed E-state index contributed by atoms with van der Waals surface area (Å²) in [6, 6.07) is 17.0. The molecule has 2 aromatic carbocycles. The van der Waals surface area contributed by atoms with E-state index < -0.39 is 0 Å². The number of rotatable bonds is 7. The Kier molecular flexibility index (Phi) is 6.61. The first kappa shape index (κ1) is 16.4. The molecule has 0 amide bonds. The first-order chi connectivity index (χ1) is 10.2. The number of nitrogens with one attached hydrogen (secondary N) is 1. The fourth-order valence-corrected chi connectivity index (χ4v) is 3.39. The van der Waals surface area contributed by atoms with Crippen molar-refractivity contribution in [2.75, 3.05) is 19.4 Å². The second-order valence-electron chi connectivity index (χ2n) is 4.73. The number of halogens is 1. The highest BCUT2D eigenvalue weighted by Gasteiger charge is 2.07. The lowest BCUT2D eigenvalue weighted by Crippen LogP contribution is -2.21. The topological polar surface area (TPSA) is 21.3 Å². The van der Waals surface area contributed by atoms with Crippen molar-refractivity contribution in [1.29, 1.82) is 0 Å². The van der Waals surface area contributed by atoms with Crippen molar-refractivity contribution < 1.29 is 4.74 Å². The minimum atomic E-state index is 0.323. The largest absolute Gasteiger partial charge is 0.496 e. The molecule has 2 nitrogen and oxygen atoms in total. The number of benzene rings is 2. The molecule has 1 N–H and O–H groups in total. The molecular weight excluding hydrogens is 346 g/mol. The quantitative estimate of drug-likeness (QED) is 0.556. The van der Waals surface area contributed by atoms with Crippen LogP contribution in [0.4, 0.5) is 0 Å². The number of methoxy groups -OCH3 is 1. The summed E-state index contributed by atoms with van der Waals surface area (Å²) in [6.07, 6.45) is 0. The molecule has 1 atom stereocenters. The Hall–Kier alpha value is -0.970. The van der Waals surface area contributed by atoms with E-state index in [0.29, 0.717) is 6.04 Å². The van der Waals surface area contributed by atoms with E-state index in [1.165, 1.54) is 10.5 Å². The van der Waals surface area contributed by atoms with Crippen molar-refractivity contribution >= 4 is 27.7 Å². The van der Waals surface area contributed by atoms with E-state index >= 15 is 0 Å². The minimum absolute atomic E-state index is 0.323. The summed E-state index contributed by atoms with van der Waals surface area (Å²) in [4.78, 5) is 1.32. The van der Waals surface area contributed by atoms with E-state index in [-0.39, 0.29) is 0 Å². The van der Waals surface area contributed by atoms with Crippen LogP contribution in [0.3, 0.4) is 0 Å². The van der Waals surface area contributed by atoms with Crippen LogP contribution < -0.4 is 10.1 Å². The molecular formula is C17H20BrNOS. The van der Waals surface area contributed by atoms with Crippen LogP contribution in [0.15, 0.2) is 57.9 Å². The number of hydrogen-bond donors (Lipinski definition) is 1. The van der Waals surface area contributed by atoms with E-state index in [1.807, 2.05) is 23.9 Å². The average Bonchev–Trinajstić information content (AvgIpc) is 2.52. The molecule has 2 aromatic rings. The molecule has 4 heteroatoms. The van der Waals surface area contributed by atoms with Crippen molar-refractivity contribution in [1.82, 2.24) is 5.32 Å². The maximum absolute atomic E-state index is 5.26. The third-order valence-corrected chi connectivity index (χ3v) is 4.87. The molecule has 0 aliphatic carbocycles. The lowest BCUT2D eigenvalue weighted by atomic mass is 10.1. The van der Waals surface area contributed by atoms with Gasteiger partial charge in [0.25, 0.3) is 0 Å². The molecule has 0 fully saturated rings. The van der Waals surface area contributed by atoms with Crippen LogP contribution in [0.1, 0.15) is 18.5 Å². The van der Waals surface area contributed by atoms with E-state index in [9.17, 15) is 0 Å². The second-order valence-corrected chi connectivity index (χ2v) is 6.75. The van der Waals surface area contributed by atoms with Crippen molar-refractivity contribution in [3.63, 3.8) is 0 Å². The van der Waals surface area contributed by atoms with Crippen LogP contribution in [0.5, 0.6) is 5.75 Å². The van der Waals surface area contributed by atoms with Crippen LogP contribution in [-0.4, -0.2) is 19.4 Å². The Morgan fingerprint density at radius 1 is 1.19 bits per heavy atom. The Balaban J connectivity index is 1.79. The average molecular weight is 366 g/mol. The van der Waals surface area contributed by atoms with Crippen molar-refractivity contribution in [3.05, 3.63) is 58.6 Å². The predicted octanol–water partition coefficient (Wildman–Crippen LogP) is 4.90. The van der Waals surface area contributed by atoms with Gasteiger partial charge < -0.3 is 10.1 Å². The molecule has 0 bridgehead atoms. The molecule has 0 saturated heterocycles. The first-order valence-electron chi connectivity index (χ1n) is 6.95. The maximum atomic E-state index is 5.26. The summed E-state index contributed by atoms with van der Waals surface area (Å²) in [5, 5.41) is 3.55. The summed E-state index contributed by atoms with van der Waals surface area (Å²) in [7, 11) is 1.68. The second kappa shape index (κ2) is 8.47. The predicted molar refractivity (Wildman–Crippen MR) is 94.3 cm³/mol. The van der Waals surface area contributed by atoms with Gasteiger partial charge in [-0.05, 0) is 52.7 Å². The molecule has 21 heavy (non-hydrogen) atoms. The fourth-order valence-electron chi connectivity index (χ4n) is 2.03. The van der Waals surface area contributed by atoms with Gasteiger partial charge in [-0.15, -0.1) is 11.8 Å². The molecule has 0 saturated carbocycles.